The number of aromatic nitrogens is 4. The predicted octanol–water partition coefficient (Wildman–Crippen LogP) is 2.28. The number of aromatic amines is 1. The highest BCUT2D eigenvalue weighted by Gasteiger charge is 2.52. The molecule has 14 heteroatoms. The Balaban J connectivity index is 1.44. The molecule has 212 valence electrons. The van der Waals surface area contributed by atoms with Crippen LogP contribution < -0.4 is 16.0 Å². The molecule has 39 heavy (non-hydrogen) atoms. The summed E-state index contributed by atoms with van der Waals surface area (Å²) in [5.74, 6) is 0.658. The average molecular weight is 580 g/mol. The number of imidazole rings is 1. The van der Waals surface area contributed by atoms with Gasteiger partial charge >= 0.3 is 5.69 Å². The minimum absolute atomic E-state index is 0.232. The molecule has 0 amide bonds. The van der Waals surface area contributed by atoms with E-state index < -0.39 is 30.6 Å². The summed E-state index contributed by atoms with van der Waals surface area (Å²) in [7, 11) is -8.61. The molecule has 3 N–H and O–H groups in total. The number of hydrogen-bond donors (Lipinski definition) is 3. The number of fused-ring (bicyclic) bond motifs is 4. The van der Waals surface area contributed by atoms with Crippen LogP contribution in [0.3, 0.4) is 0 Å². The Hall–Kier alpha value is -2.81. The molecule has 3 saturated carbocycles. The topological polar surface area (TPSA) is 173 Å². The van der Waals surface area contributed by atoms with Crippen LogP contribution in [-0.2, 0) is 38.6 Å². The number of nitrogens with zero attached hydrogens (tertiary/aromatic N) is 3. The fourth-order valence-corrected chi connectivity index (χ4v) is 8.24. The lowest BCUT2D eigenvalue weighted by molar-refractivity contribution is 0.0895. The third-order valence-corrected chi connectivity index (χ3v) is 10.7. The first-order valence-electron chi connectivity index (χ1n) is 13.2. The Labute approximate surface area is 226 Å². The maximum atomic E-state index is 13.2. The first kappa shape index (κ1) is 27.7. The Morgan fingerprint density at radius 2 is 1.54 bits per heavy atom. The van der Waals surface area contributed by atoms with Gasteiger partial charge < -0.3 is 4.98 Å². The number of rotatable bonds is 9. The van der Waals surface area contributed by atoms with Gasteiger partial charge in [-0.3, -0.25) is 18.5 Å². The van der Waals surface area contributed by atoms with Crippen molar-refractivity contribution in [3.8, 4) is 0 Å². The van der Waals surface area contributed by atoms with Gasteiger partial charge in [-0.1, -0.05) is 19.9 Å². The third kappa shape index (κ3) is 4.77. The summed E-state index contributed by atoms with van der Waals surface area (Å²) >= 11 is 0. The average Bonchev–Trinajstić information content (AvgIpc) is 3.36. The van der Waals surface area contributed by atoms with E-state index in [1.165, 1.54) is 16.7 Å². The molecule has 0 aliphatic heterocycles. The summed E-state index contributed by atoms with van der Waals surface area (Å²) in [5, 5.41) is 0. The van der Waals surface area contributed by atoms with Crippen molar-refractivity contribution >= 4 is 31.3 Å². The lowest BCUT2D eigenvalue weighted by Crippen LogP contribution is -2.57. The van der Waals surface area contributed by atoms with Crippen LogP contribution in [0.15, 0.2) is 43.6 Å². The summed E-state index contributed by atoms with van der Waals surface area (Å²) in [6.45, 7) is 4.64. The van der Waals surface area contributed by atoms with Gasteiger partial charge in [-0.25, -0.2) is 22.9 Å². The first-order valence-corrected chi connectivity index (χ1v) is 16.1. The summed E-state index contributed by atoms with van der Waals surface area (Å²) in [6, 6.07) is 4.64. The van der Waals surface area contributed by atoms with Crippen LogP contribution in [0.2, 0.25) is 0 Å². The zero-order chi connectivity index (χ0) is 28.2. The minimum atomic E-state index is -4.55. The van der Waals surface area contributed by atoms with Crippen LogP contribution >= 0.6 is 0 Å². The quantitative estimate of drug-likeness (QED) is 0.324. The Morgan fingerprint density at radius 3 is 2.13 bits per heavy atom. The molecular weight excluding hydrogens is 546 g/mol. The second-order valence-corrected chi connectivity index (χ2v) is 13.9. The highest BCUT2D eigenvalue weighted by Crippen LogP contribution is 2.53. The van der Waals surface area contributed by atoms with Gasteiger partial charge in [0.05, 0.1) is 9.79 Å². The van der Waals surface area contributed by atoms with E-state index in [0.717, 1.165) is 12.1 Å². The van der Waals surface area contributed by atoms with Crippen LogP contribution in [0.1, 0.15) is 71.0 Å². The second kappa shape index (κ2) is 9.68. The molecular formula is C25H33N5O7S2. The van der Waals surface area contributed by atoms with E-state index in [9.17, 15) is 31.0 Å². The van der Waals surface area contributed by atoms with Crippen LogP contribution in [0, 0.1) is 0 Å². The molecule has 3 aromatic rings. The SMILES string of the molecule is CCCn1c(=O)c2[nH]c(C34CCC(NS(=O)(=O)c5cccc(S(=O)(=O)O)c5)(CC3)CC4)nc2n(CCC)c1=O. The maximum Gasteiger partial charge on any atom is 0.332 e. The van der Waals surface area contributed by atoms with Crippen molar-refractivity contribution in [3.63, 3.8) is 0 Å². The normalized spacial score (nSPS) is 23.5. The first-order chi connectivity index (χ1) is 18.3. The highest BCUT2D eigenvalue weighted by atomic mass is 32.2. The minimum Gasteiger partial charge on any atom is -0.336 e. The van der Waals surface area contributed by atoms with E-state index in [4.69, 9.17) is 4.98 Å². The van der Waals surface area contributed by atoms with Gasteiger partial charge in [0.25, 0.3) is 15.7 Å². The molecule has 12 nitrogen and oxygen atoms in total. The zero-order valence-electron chi connectivity index (χ0n) is 21.9. The van der Waals surface area contributed by atoms with Crippen LogP contribution in [-0.4, -0.2) is 46.0 Å². The lowest BCUT2D eigenvalue weighted by atomic mass is 9.57. The molecule has 2 bridgehead atoms. The summed E-state index contributed by atoms with van der Waals surface area (Å²) in [6.07, 6.45) is 4.83. The number of benzene rings is 1. The molecule has 0 saturated heterocycles. The van der Waals surface area contributed by atoms with Crippen LogP contribution in [0.5, 0.6) is 0 Å². The Bertz CT molecular complexity index is 1750. The molecule has 0 unspecified atom stereocenters. The predicted molar refractivity (Wildman–Crippen MR) is 144 cm³/mol. The number of aryl methyl sites for hydroxylation is 1. The van der Waals surface area contributed by atoms with E-state index in [2.05, 4.69) is 9.71 Å². The maximum absolute atomic E-state index is 13.2. The zero-order valence-corrected chi connectivity index (χ0v) is 23.6. The number of H-pyrrole nitrogens is 1. The van der Waals surface area contributed by atoms with E-state index in [0.29, 0.717) is 81.4 Å². The molecule has 0 spiro atoms. The molecule has 0 radical (unpaired) electrons. The van der Waals surface area contributed by atoms with Gasteiger partial charge in [0, 0.05) is 24.0 Å². The van der Waals surface area contributed by atoms with E-state index in [-0.39, 0.29) is 21.6 Å². The van der Waals surface area contributed by atoms with Crippen LogP contribution in [0.25, 0.3) is 11.2 Å². The lowest BCUT2D eigenvalue weighted by Gasteiger charge is -2.52. The fraction of sp³-hybridized carbons (Fsp3) is 0.560. The van der Waals surface area contributed by atoms with Crippen molar-refractivity contribution in [3.05, 3.63) is 50.9 Å². The molecule has 2 aromatic heterocycles. The van der Waals surface area contributed by atoms with E-state index in [1.807, 2.05) is 13.8 Å². The van der Waals surface area contributed by atoms with Gasteiger partial charge in [0.15, 0.2) is 5.65 Å². The van der Waals surface area contributed by atoms with Crippen molar-refractivity contribution in [1.29, 1.82) is 0 Å². The highest BCUT2D eigenvalue weighted by molar-refractivity contribution is 7.89. The largest absolute Gasteiger partial charge is 0.336 e. The van der Waals surface area contributed by atoms with Crippen molar-refractivity contribution in [1.82, 2.24) is 23.8 Å². The summed E-state index contributed by atoms with van der Waals surface area (Å²) in [4.78, 5) is 33.6. The molecule has 3 aliphatic rings. The molecule has 3 aliphatic carbocycles. The molecule has 1 aromatic carbocycles. The van der Waals surface area contributed by atoms with Gasteiger partial charge in [-0.15, -0.1) is 0 Å². The van der Waals surface area contributed by atoms with Crippen molar-refractivity contribution in [2.45, 2.75) is 99.0 Å². The molecule has 6 rings (SSSR count). The number of nitrogens with one attached hydrogen (secondary N) is 2. The van der Waals surface area contributed by atoms with E-state index in [1.54, 1.807) is 4.57 Å². The number of hydrogen-bond acceptors (Lipinski definition) is 7. The molecule has 3 fully saturated rings. The monoisotopic (exact) mass is 579 g/mol. The van der Waals surface area contributed by atoms with Crippen molar-refractivity contribution in [2.24, 2.45) is 0 Å². The second-order valence-electron chi connectivity index (χ2n) is 10.8. The Morgan fingerprint density at radius 1 is 0.949 bits per heavy atom. The summed E-state index contributed by atoms with van der Waals surface area (Å²) in [5.41, 5.74) is -1.11. The smallest absolute Gasteiger partial charge is 0.332 e. The van der Waals surface area contributed by atoms with Gasteiger partial charge in [-0.05, 0) is 69.6 Å². The van der Waals surface area contributed by atoms with Crippen molar-refractivity contribution in [2.75, 3.05) is 0 Å². The number of sulfonamides is 1. The Kier molecular flexibility index (Phi) is 6.89. The summed E-state index contributed by atoms with van der Waals surface area (Å²) < 4.78 is 64.4. The van der Waals surface area contributed by atoms with E-state index >= 15 is 0 Å². The van der Waals surface area contributed by atoms with Gasteiger partial charge in [0.2, 0.25) is 10.0 Å². The van der Waals surface area contributed by atoms with Gasteiger partial charge in [0.1, 0.15) is 11.3 Å². The molecule has 2 heterocycles. The molecule has 0 atom stereocenters. The third-order valence-electron chi connectivity index (χ3n) is 8.27. The van der Waals surface area contributed by atoms with Crippen molar-refractivity contribution < 1.29 is 21.4 Å². The standard InChI is InChI=1S/C25H33N5O7S2/c1-3-14-29-20-19(21(31)30(15-4-2)23(29)32)26-22(27-20)24-8-11-25(12-9-24,13-10-24)28-38(33,34)17-6-5-7-18(16-17)39(35,36)37/h5-7,16,28H,3-4,8-15H2,1-2H3,(H,26,27)(H,35,36,37). The van der Waals surface area contributed by atoms with Crippen LogP contribution in [0.4, 0.5) is 0 Å². The van der Waals surface area contributed by atoms with Gasteiger partial charge in [-0.2, -0.15) is 8.42 Å². The fourth-order valence-electron chi connectivity index (χ4n) is 6.10.